The van der Waals surface area contributed by atoms with Crippen molar-refractivity contribution in [2.75, 3.05) is 68.7 Å². The van der Waals surface area contributed by atoms with Gasteiger partial charge >= 0.3 is 12.1 Å². The summed E-state index contributed by atoms with van der Waals surface area (Å²) in [6.45, 7) is 13.1. The monoisotopic (exact) mass is 955 g/mol. The van der Waals surface area contributed by atoms with Gasteiger partial charge in [0.25, 0.3) is 11.8 Å². The molecule has 0 aliphatic carbocycles. The first-order valence-electron chi connectivity index (χ1n) is 22.3. The number of benzene rings is 3. The lowest BCUT2D eigenvalue weighted by Gasteiger charge is -2.43. The summed E-state index contributed by atoms with van der Waals surface area (Å²) in [5, 5.41) is 19.3. The Labute approximate surface area is 395 Å². The van der Waals surface area contributed by atoms with Gasteiger partial charge in [0.05, 0.1) is 28.5 Å². The van der Waals surface area contributed by atoms with Crippen molar-refractivity contribution in [1.82, 2.24) is 30.0 Å². The van der Waals surface area contributed by atoms with Crippen LogP contribution in [0.3, 0.4) is 0 Å². The number of imide groups is 2. The Balaban J connectivity index is 0.000000830. The molecule has 4 fully saturated rings. The van der Waals surface area contributed by atoms with Crippen molar-refractivity contribution >= 4 is 52.8 Å². The molecule has 4 saturated heterocycles. The number of nitrogens with zero attached hydrogens (tertiary/aromatic N) is 8. The summed E-state index contributed by atoms with van der Waals surface area (Å²) in [5.41, 5.74) is 4.59. The minimum atomic E-state index is -5.08. The molecule has 0 saturated carbocycles. The number of alkyl halides is 3. The average molecular weight is 956 g/mol. The van der Waals surface area contributed by atoms with Crippen LogP contribution in [0.5, 0.6) is 5.75 Å². The van der Waals surface area contributed by atoms with Gasteiger partial charge in [0, 0.05) is 93.1 Å². The van der Waals surface area contributed by atoms with Gasteiger partial charge in [-0.3, -0.25) is 34.3 Å². The molecule has 6 heterocycles. The number of aliphatic carboxylic acids is 1. The number of nitrogens with one attached hydrogen (secondary N) is 1. The number of piperazine rings is 1. The molecule has 4 amide bonds. The predicted octanol–water partition coefficient (Wildman–Crippen LogP) is 5.27. The maximum Gasteiger partial charge on any atom is 0.490 e. The third kappa shape index (κ3) is 10.4. The summed E-state index contributed by atoms with van der Waals surface area (Å²) >= 11 is 6.30. The van der Waals surface area contributed by atoms with Crippen LogP contribution < -0.4 is 19.9 Å². The molecule has 9 rings (SSSR count). The summed E-state index contributed by atoms with van der Waals surface area (Å²) in [5.74, 6) is -2.72. The van der Waals surface area contributed by atoms with E-state index in [2.05, 4.69) is 49.8 Å². The highest BCUT2D eigenvalue weighted by atomic mass is 35.5. The second-order valence-electron chi connectivity index (χ2n) is 18.1. The largest absolute Gasteiger partial charge is 0.490 e. The second-order valence-corrected chi connectivity index (χ2v) is 18.5. The normalized spacial score (nSPS) is 20.3. The van der Waals surface area contributed by atoms with Gasteiger partial charge in [-0.25, -0.2) is 14.8 Å². The summed E-state index contributed by atoms with van der Waals surface area (Å²) < 4.78 is 37.9. The summed E-state index contributed by atoms with van der Waals surface area (Å²) in [4.78, 5) is 79.5. The van der Waals surface area contributed by atoms with Gasteiger partial charge in [-0.2, -0.15) is 18.4 Å². The van der Waals surface area contributed by atoms with E-state index in [1.54, 1.807) is 24.4 Å². The van der Waals surface area contributed by atoms with E-state index in [0.29, 0.717) is 40.3 Å². The van der Waals surface area contributed by atoms with Crippen molar-refractivity contribution in [3.05, 3.63) is 111 Å². The van der Waals surface area contributed by atoms with E-state index in [0.717, 1.165) is 104 Å². The first kappa shape index (κ1) is 47.9. The van der Waals surface area contributed by atoms with Crippen LogP contribution in [-0.4, -0.2) is 137 Å². The van der Waals surface area contributed by atoms with Gasteiger partial charge in [-0.15, -0.1) is 0 Å². The zero-order chi connectivity index (χ0) is 48.5. The number of rotatable bonds is 11. The Hall–Kier alpha value is -6.62. The third-order valence-electron chi connectivity index (χ3n) is 13.3. The van der Waals surface area contributed by atoms with Crippen LogP contribution in [0, 0.1) is 17.2 Å². The van der Waals surface area contributed by atoms with Crippen LogP contribution in [0.1, 0.15) is 76.2 Å². The SMILES string of the molecule is CC(C)(c1ccc(OCc2ccnc(N3CCN(C4CCN(CC5CN(c6ccc7c(c6)C(=O)N(C6CCC(=O)NC6=O)C7=O)C5)C4)CC3)n2)cc1)c1cc(Cl)cc(C#N)c1.O=C(O)C(F)(F)F. The van der Waals surface area contributed by atoms with E-state index in [4.69, 9.17) is 31.2 Å². The van der Waals surface area contributed by atoms with Crippen LogP contribution in [-0.2, 0) is 26.4 Å². The number of fused-ring (bicyclic) bond motifs is 1. The Kier molecular flexibility index (Phi) is 13.8. The van der Waals surface area contributed by atoms with Crippen LogP contribution in [0.25, 0.3) is 0 Å². The van der Waals surface area contributed by atoms with Gasteiger partial charge in [0.1, 0.15) is 18.4 Å². The van der Waals surface area contributed by atoms with Crippen molar-refractivity contribution in [1.29, 1.82) is 5.26 Å². The molecule has 68 heavy (non-hydrogen) atoms. The number of carboxylic acid groups (broad SMARTS) is 1. The number of hydrogen-bond donors (Lipinski definition) is 2. The molecule has 3 aromatic carbocycles. The van der Waals surface area contributed by atoms with Gasteiger partial charge in [-0.05, 0) is 85.1 Å². The Morgan fingerprint density at radius 1 is 0.882 bits per heavy atom. The van der Waals surface area contributed by atoms with E-state index in [1.807, 2.05) is 48.5 Å². The number of piperidine rings is 1. The third-order valence-corrected chi connectivity index (χ3v) is 13.5. The van der Waals surface area contributed by atoms with E-state index in [1.165, 1.54) is 0 Å². The number of carbonyl (C=O) groups excluding carboxylic acids is 4. The zero-order valence-corrected chi connectivity index (χ0v) is 38.1. The molecule has 0 bridgehead atoms. The Bertz CT molecular complexity index is 2650. The smallest absolute Gasteiger partial charge is 0.487 e. The summed E-state index contributed by atoms with van der Waals surface area (Å²) in [6, 6.07) is 22.5. The number of halogens is 4. The van der Waals surface area contributed by atoms with Crippen LogP contribution in [0.2, 0.25) is 5.02 Å². The van der Waals surface area contributed by atoms with Gasteiger partial charge in [-0.1, -0.05) is 37.6 Å². The Morgan fingerprint density at radius 2 is 1.59 bits per heavy atom. The topological polar surface area (TPSA) is 193 Å². The highest BCUT2D eigenvalue weighted by Gasteiger charge is 2.45. The molecule has 0 spiro atoms. The minimum Gasteiger partial charge on any atom is -0.487 e. The van der Waals surface area contributed by atoms with E-state index < -0.39 is 35.9 Å². The molecule has 2 atom stereocenters. The standard InChI is InChI=1S/C46H48ClN9O5.C2HF3O2/c1-46(2,32-19-29(23-48)20-33(47)21-32)31-3-6-37(7-4-31)61-28-34-11-13-49-45(50-34)54-17-15-53(16-18-54)36-12-14-52(27-36)24-30-25-55(26-30)35-5-8-38-39(22-35)44(60)56(43(38)59)40-9-10-41(57)51-42(40)58;3-2(4,5)1(6)7/h3-8,11,13,19-22,30,36,40H,9-10,12,14-18,24-28H2,1-2H3,(H,51,57,58);(H,6,7). The molecule has 5 aliphatic rings. The number of aromatic nitrogens is 2. The van der Waals surface area contributed by atoms with Crippen molar-refractivity contribution in [3.63, 3.8) is 0 Å². The van der Waals surface area contributed by atoms with Gasteiger partial charge < -0.3 is 24.5 Å². The summed E-state index contributed by atoms with van der Waals surface area (Å²) in [7, 11) is 0. The minimum absolute atomic E-state index is 0.0973. The lowest BCUT2D eigenvalue weighted by atomic mass is 9.78. The quantitative estimate of drug-likeness (QED) is 0.185. The number of amides is 4. The van der Waals surface area contributed by atoms with Crippen LogP contribution >= 0.6 is 11.6 Å². The zero-order valence-electron chi connectivity index (χ0n) is 37.3. The number of carbonyl (C=O) groups is 5. The fourth-order valence-electron chi connectivity index (χ4n) is 9.40. The van der Waals surface area contributed by atoms with Gasteiger partial charge in [0.15, 0.2) is 0 Å². The lowest BCUT2D eigenvalue weighted by Crippen LogP contribution is -2.54. The first-order valence-corrected chi connectivity index (χ1v) is 22.6. The molecular formula is C48H49ClF3N9O7. The summed E-state index contributed by atoms with van der Waals surface area (Å²) in [6.07, 6.45) is -1.90. The fraction of sp³-hybridized carbons (Fsp3) is 0.417. The van der Waals surface area contributed by atoms with Crippen molar-refractivity contribution in [2.45, 2.75) is 63.4 Å². The number of ether oxygens (including phenoxy) is 1. The average Bonchev–Trinajstić information content (AvgIpc) is 3.87. The highest BCUT2D eigenvalue weighted by Crippen LogP contribution is 2.36. The molecule has 1 aromatic heterocycles. The molecule has 4 aromatic rings. The molecule has 5 aliphatic heterocycles. The Morgan fingerprint density at radius 3 is 2.26 bits per heavy atom. The first-order chi connectivity index (χ1) is 32.4. The number of nitriles is 1. The van der Waals surface area contributed by atoms with E-state index >= 15 is 0 Å². The van der Waals surface area contributed by atoms with Crippen molar-refractivity contribution in [2.24, 2.45) is 5.92 Å². The number of hydrogen-bond acceptors (Lipinski definition) is 13. The predicted molar refractivity (Wildman–Crippen MR) is 242 cm³/mol. The second kappa shape index (κ2) is 19.5. The van der Waals surface area contributed by atoms with Crippen LogP contribution in [0.15, 0.2) is 72.9 Å². The van der Waals surface area contributed by atoms with E-state index in [9.17, 15) is 37.6 Å². The lowest BCUT2D eigenvalue weighted by molar-refractivity contribution is -0.192. The van der Waals surface area contributed by atoms with Gasteiger partial charge in [0.2, 0.25) is 17.8 Å². The molecule has 16 nitrogen and oxygen atoms in total. The molecule has 356 valence electrons. The highest BCUT2D eigenvalue weighted by molar-refractivity contribution is 6.30. The maximum absolute atomic E-state index is 13.3. The fourth-order valence-corrected chi connectivity index (χ4v) is 9.64. The number of carboxylic acids is 1. The maximum atomic E-state index is 13.3. The molecule has 2 unspecified atom stereocenters. The number of anilines is 2. The van der Waals surface area contributed by atoms with Crippen molar-refractivity contribution in [3.8, 4) is 11.8 Å². The molecule has 0 radical (unpaired) electrons. The van der Waals surface area contributed by atoms with Crippen LogP contribution in [0.4, 0.5) is 24.8 Å². The molecule has 20 heteroatoms. The number of likely N-dealkylation sites (tertiary alicyclic amines) is 1. The molecule has 2 N–H and O–H groups in total. The van der Waals surface area contributed by atoms with E-state index in [-0.39, 0.29) is 24.2 Å². The van der Waals surface area contributed by atoms with Crippen molar-refractivity contribution < 1.29 is 47.0 Å². The molecular weight excluding hydrogens is 907 g/mol.